The van der Waals surface area contributed by atoms with Crippen LogP contribution in [-0.2, 0) is 33.3 Å². The number of allylic oxidation sites excluding steroid dienone is 10. The third-order valence-corrected chi connectivity index (χ3v) is 12.8. The number of quaternary nitrogens is 1. The second-order valence-electron chi connectivity index (χ2n) is 20.9. The molecule has 0 aromatic heterocycles. The molecular weight excluding hydrogens is 887 g/mol. The SMILES string of the molecule is CC/C=C\C/C=C\C/C=C\CCCCCC(=O)OC(COC(=O)CCCCCCCCCCCCCCCCCCCCCCC/C=C\C/C=C\CCCCCCC)COC(OCC[N+](C)(C)C)C(=O)O. The van der Waals surface area contributed by atoms with Gasteiger partial charge in [0.1, 0.15) is 13.2 Å². The van der Waals surface area contributed by atoms with Crippen molar-refractivity contribution >= 4 is 17.9 Å². The van der Waals surface area contributed by atoms with Crippen LogP contribution in [0.2, 0.25) is 0 Å². The molecular formula is C62H112NO8+. The number of carbonyl (C=O) groups excluding carboxylic acids is 2. The summed E-state index contributed by atoms with van der Waals surface area (Å²) in [5.74, 6) is -2.04. The van der Waals surface area contributed by atoms with E-state index in [-0.39, 0.29) is 32.2 Å². The molecule has 0 aliphatic rings. The highest BCUT2D eigenvalue weighted by molar-refractivity contribution is 5.71. The zero-order valence-electron chi connectivity index (χ0n) is 46.9. The number of esters is 2. The van der Waals surface area contributed by atoms with Crippen molar-refractivity contribution in [1.82, 2.24) is 0 Å². The minimum Gasteiger partial charge on any atom is -0.477 e. The molecule has 0 aromatic rings. The van der Waals surface area contributed by atoms with Gasteiger partial charge in [-0.2, -0.15) is 0 Å². The summed E-state index contributed by atoms with van der Waals surface area (Å²) in [7, 11) is 5.95. The van der Waals surface area contributed by atoms with Crippen molar-refractivity contribution in [3.63, 3.8) is 0 Å². The molecule has 0 aromatic carbocycles. The Balaban J connectivity index is 4.04. The van der Waals surface area contributed by atoms with Gasteiger partial charge in [-0.15, -0.1) is 0 Å². The van der Waals surface area contributed by atoms with Crippen molar-refractivity contribution in [2.24, 2.45) is 0 Å². The molecule has 2 unspecified atom stereocenters. The molecule has 2 atom stereocenters. The number of hydrogen-bond donors (Lipinski definition) is 1. The van der Waals surface area contributed by atoms with Crippen LogP contribution in [0.5, 0.6) is 0 Å². The van der Waals surface area contributed by atoms with Gasteiger partial charge in [-0.1, -0.05) is 229 Å². The summed E-state index contributed by atoms with van der Waals surface area (Å²) in [6.45, 7) is 4.73. The number of likely N-dealkylation sites (N-methyl/N-ethyl adjacent to an activating group) is 1. The van der Waals surface area contributed by atoms with Crippen molar-refractivity contribution < 1.29 is 42.9 Å². The smallest absolute Gasteiger partial charge is 0.361 e. The Morgan fingerprint density at radius 1 is 0.437 bits per heavy atom. The van der Waals surface area contributed by atoms with Crippen molar-refractivity contribution in [2.75, 3.05) is 47.5 Å². The molecule has 0 radical (unpaired) electrons. The van der Waals surface area contributed by atoms with Crippen LogP contribution in [-0.4, -0.2) is 87.4 Å². The molecule has 412 valence electrons. The van der Waals surface area contributed by atoms with E-state index in [1.165, 1.54) is 161 Å². The monoisotopic (exact) mass is 999 g/mol. The lowest BCUT2D eigenvalue weighted by atomic mass is 10.0. The van der Waals surface area contributed by atoms with Gasteiger partial charge in [0.05, 0.1) is 34.4 Å². The van der Waals surface area contributed by atoms with E-state index in [2.05, 4.69) is 74.6 Å². The maximum absolute atomic E-state index is 12.8. The quantitative estimate of drug-likeness (QED) is 0.0211. The highest BCUT2D eigenvalue weighted by atomic mass is 16.7. The predicted octanol–water partition coefficient (Wildman–Crippen LogP) is 17.2. The summed E-state index contributed by atoms with van der Waals surface area (Å²) in [6.07, 6.45) is 64.8. The minimum absolute atomic E-state index is 0.181. The van der Waals surface area contributed by atoms with E-state index >= 15 is 0 Å². The van der Waals surface area contributed by atoms with Crippen LogP contribution in [0.4, 0.5) is 0 Å². The molecule has 0 aliphatic heterocycles. The van der Waals surface area contributed by atoms with E-state index in [0.717, 1.165) is 64.2 Å². The second kappa shape index (κ2) is 53.3. The summed E-state index contributed by atoms with van der Waals surface area (Å²) >= 11 is 0. The average molecular weight is 1000 g/mol. The van der Waals surface area contributed by atoms with Gasteiger partial charge < -0.3 is 28.5 Å². The van der Waals surface area contributed by atoms with Crippen molar-refractivity contribution in [2.45, 2.75) is 270 Å². The Bertz CT molecular complexity index is 1350. The van der Waals surface area contributed by atoms with Crippen LogP contribution >= 0.6 is 0 Å². The van der Waals surface area contributed by atoms with Crippen LogP contribution in [0.3, 0.4) is 0 Å². The van der Waals surface area contributed by atoms with Gasteiger partial charge in [0.15, 0.2) is 6.10 Å². The topological polar surface area (TPSA) is 108 Å². The Labute approximate surface area is 437 Å². The maximum atomic E-state index is 12.8. The fraction of sp³-hybridized carbons (Fsp3) is 0.790. The molecule has 0 heterocycles. The van der Waals surface area contributed by atoms with E-state index in [9.17, 15) is 19.5 Å². The molecule has 9 nitrogen and oxygen atoms in total. The van der Waals surface area contributed by atoms with Crippen molar-refractivity contribution in [1.29, 1.82) is 0 Å². The van der Waals surface area contributed by atoms with E-state index in [1.807, 2.05) is 21.1 Å². The number of unbranched alkanes of at least 4 members (excludes halogenated alkanes) is 29. The van der Waals surface area contributed by atoms with Crippen molar-refractivity contribution in [3.8, 4) is 0 Å². The molecule has 0 amide bonds. The van der Waals surface area contributed by atoms with Gasteiger partial charge in [-0.3, -0.25) is 9.59 Å². The summed E-state index contributed by atoms with van der Waals surface area (Å²) in [4.78, 5) is 37.3. The van der Waals surface area contributed by atoms with Crippen LogP contribution in [0, 0.1) is 0 Å². The Kier molecular flexibility index (Phi) is 51.0. The number of ether oxygens (including phenoxy) is 4. The third-order valence-electron chi connectivity index (χ3n) is 12.8. The van der Waals surface area contributed by atoms with Gasteiger partial charge in [0.25, 0.3) is 6.29 Å². The van der Waals surface area contributed by atoms with Gasteiger partial charge in [0, 0.05) is 12.8 Å². The fourth-order valence-corrected chi connectivity index (χ4v) is 8.24. The lowest BCUT2D eigenvalue weighted by molar-refractivity contribution is -0.870. The normalized spacial score (nSPS) is 13.2. The van der Waals surface area contributed by atoms with E-state index in [0.29, 0.717) is 23.9 Å². The van der Waals surface area contributed by atoms with Crippen LogP contribution in [0.1, 0.15) is 258 Å². The summed E-state index contributed by atoms with van der Waals surface area (Å²) < 4.78 is 22.8. The Hall–Kier alpha value is -3.01. The molecule has 71 heavy (non-hydrogen) atoms. The molecule has 0 saturated carbocycles. The molecule has 0 bridgehead atoms. The minimum atomic E-state index is -1.52. The van der Waals surface area contributed by atoms with E-state index in [1.54, 1.807) is 0 Å². The summed E-state index contributed by atoms with van der Waals surface area (Å²) in [5.41, 5.74) is 0. The fourth-order valence-electron chi connectivity index (χ4n) is 8.24. The zero-order valence-corrected chi connectivity index (χ0v) is 46.9. The first-order valence-corrected chi connectivity index (χ1v) is 29.5. The molecule has 0 aliphatic carbocycles. The number of aliphatic carboxylic acids is 1. The van der Waals surface area contributed by atoms with Crippen LogP contribution < -0.4 is 0 Å². The Morgan fingerprint density at radius 3 is 1.21 bits per heavy atom. The van der Waals surface area contributed by atoms with Gasteiger partial charge >= 0.3 is 17.9 Å². The highest BCUT2D eigenvalue weighted by Crippen LogP contribution is 2.17. The van der Waals surface area contributed by atoms with Gasteiger partial charge in [-0.25, -0.2) is 4.79 Å². The standard InChI is InChI=1S/C62H111NO8/c1-6-8-10-12-14-16-18-20-21-22-23-24-25-26-27-28-29-30-31-32-33-34-35-36-37-38-39-41-42-44-46-48-50-52-59(64)69-56-58(57-70-62(61(66)67)68-55-54-63(3,4)5)71-60(65)53-51-49-47-45-43-40-19-17-15-13-11-9-7-2/h9,11,15,17-18,20,22-23,40,43,58,62H,6-8,10,12-14,16,19,21,24-39,41-42,44-57H2,1-5H3/p+1/b11-9-,17-15-,20-18-,23-22-,43-40-. The number of carbonyl (C=O) groups is 3. The highest BCUT2D eigenvalue weighted by Gasteiger charge is 2.25. The molecule has 0 fully saturated rings. The van der Waals surface area contributed by atoms with Crippen LogP contribution in [0.15, 0.2) is 60.8 Å². The molecule has 0 rings (SSSR count). The average Bonchev–Trinajstić information content (AvgIpc) is 3.34. The zero-order chi connectivity index (χ0) is 52.0. The summed E-state index contributed by atoms with van der Waals surface area (Å²) in [6, 6.07) is 0. The molecule has 0 saturated heterocycles. The molecule has 0 spiro atoms. The summed E-state index contributed by atoms with van der Waals surface area (Å²) in [5, 5.41) is 9.67. The van der Waals surface area contributed by atoms with E-state index < -0.39 is 24.3 Å². The number of carboxylic acid groups (broad SMARTS) is 1. The van der Waals surface area contributed by atoms with Crippen molar-refractivity contribution in [3.05, 3.63) is 60.8 Å². The van der Waals surface area contributed by atoms with E-state index in [4.69, 9.17) is 18.9 Å². The molecule has 9 heteroatoms. The molecule has 1 N–H and O–H groups in total. The predicted molar refractivity (Wildman–Crippen MR) is 300 cm³/mol. The van der Waals surface area contributed by atoms with Gasteiger partial charge in [0.2, 0.25) is 0 Å². The first-order chi connectivity index (χ1) is 34.6. The maximum Gasteiger partial charge on any atom is 0.361 e. The van der Waals surface area contributed by atoms with Crippen LogP contribution in [0.25, 0.3) is 0 Å². The lowest BCUT2D eigenvalue weighted by Gasteiger charge is -2.25. The Morgan fingerprint density at radius 2 is 0.803 bits per heavy atom. The lowest BCUT2D eigenvalue weighted by Crippen LogP contribution is -2.40. The number of hydrogen-bond acceptors (Lipinski definition) is 7. The largest absolute Gasteiger partial charge is 0.477 e. The second-order valence-corrected chi connectivity index (χ2v) is 20.9. The first kappa shape index (κ1) is 68.0. The number of nitrogens with zero attached hydrogens (tertiary/aromatic N) is 1. The number of carboxylic acids is 1. The number of rotatable bonds is 54. The van der Waals surface area contributed by atoms with Gasteiger partial charge in [-0.05, 0) is 77.0 Å². The third kappa shape index (κ3) is 54.6. The first-order valence-electron chi connectivity index (χ1n) is 29.5.